The van der Waals surface area contributed by atoms with E-state index in [-0.39, 0.29) is 18.0 Å². The van der Waals surface area contributed by atoms with Crippen molar-refractivity contribution in [3.8, 4) is 17.4 Å². The van der Waals surface area contributed by atoms with Gasteiger partial charge < -0.3 is 14.8 Å². The lowest BCUT2D eigenvalue weighted by Crippen LogP contribution is -1.93. The van der Waals surface area contributed by atoms with Crippen molar-refractivity contribution in [2.24, 2.45) is 0 Å². The van der Waals surface area contributed by atoms with Crippen molar-refractivity contribution in [3.05, 3.63) is 53.1 Å². The van der Waals surface area contributed by atoms with Crippen LogP contribution in [0.1, 0.15) is 11.6 Å². The highest BCUT2D eigenvalue weighted by Gasteiger charge is 2.10. The first-order valence-electron chi connectivity index (χ1n) is 6.81. The quantitative estimate of drug-likeness (QED) is 0.609. The Morgan fingerprint density at radius 3 is 2.92 bits per heavy atom. The standard InChI is InChI=1S/C15H11ClN6O2/c16-13-5-10(18-7-9(6-17)15-19-21-22-20-15)1-3-12(13)14-4-2-11(8-23)24-14/h1-5,7,18,23H,8H2,(H,19,20,21,22). The lowest BCUT2D eigenvalue weighted by atomic mass is 10.1. The Morgan fingerprint density at radius 1 is 1.42 bits per heavy atom. The number of halogens is 1. The van der Waals surface area contributed by atoms with E-state index in [1.165, 1.54) is 6.20 Å². The monoisotopic (exact) mass is 342 g/mol. The van der Waals surface area contributed by atoms with E-state index < -0.39 is 0 Å². The highest BCUT2D eigenvalue weighted by atomic mass is 35.5. The van der Waals surface area contributed by atoms with Crippen LogP contribution in [0.2, 0.25) is 5.02 Å². The predicted molar refractivity (Wildman–Crippen MR) is 86.5 cm³/mol. The molecule has 3 N–H and O–H groups in total. The molecule has 0 saturated heterocycles. The number of furan rings is 1. The fourth-order valence-corrected chi connectivity index (χ4v) is 2.26. The molecule has 3 rings (SSSR count). The molecule has 9 heteroatoms. The maximum atomic E-state index is 9.11. The molecule has 0 aliphatic carbocycles. The minimum Gasteiger partial charge on any atom is -0.459 e. The van der Waals surface area contributed by atoms with Crippen LogP contribution < -0.4 is 5.32 Å². The Morgan fingerprint density at radius 2 is 2.29 bits per heavy atom. The molecule has 0 atom stereocenters. The third-order valence-corrected chi connectivity index (χ3v) is 3.45. The smallest absolute Gasteiger partial charge is 0.216 e. The van der Waals surface area contributed by atoms with Crippen LogP contribution in [-0.4, -0.2) is 25.7 Å². The summed E-state index contributed by atoms with van der Waals surface area (Å²) in [4.78, 5) is 0. The van der Waals surface area contributed by atoms with E-state index in [2.05, 4.69) is 25.9 Å². The molecule has 1 aromatic carbocycles. The number of aliphatic hydroxyl groups excluding tert-OH is 1. The normalized spacial score (nSPS) is 11.3. The van der Waals surface area contributed by atoms with E-state index in [0.717, 1.165) is 0 Å². The molecule has 0 unspecified atom stereocenters. The highest BCUT2D eigenvalue weighted by molar-refractivity contribution is 6.33. The average Bonchev–Trinajstić information content (AvgIpc) is 3.27. The SMILES string of the molecule is N#CC(=CNc1ccc(-c2ccc(CO)o2)c(Cl)c1)c1nn[nH]n1. The molecule has 2 heterocycles. The zero-order valence-corrected chi connectivity index (χ0v) is 12.9. The van der Waals surface area contributed by atoms with Crippen molar-refractivity contribution in [1.82, 2.24) is 20.6 Å². The lowest BCUT2D eigenvalue weighted by Gasteiger charge is -2.05. The van der Waals surface area contributed by atoms with Crippen LogP contribution in [0.5, 0.6) is 0 Å². The summed E-state index contributed by atoms with van der Waals surface area (Å²) in [5.74, 6) is 1.22. The second-order valence-corrected chi connectivity index (χ2v) is 5.08. The summed E-state index contributed by atoms with van der Waals surface area (Å²) in [6, 6.07) is 10.7. The van der Waals surface area contributed by atoms with E-state index >= 15 is 0 Å². The Bertz CT molecular complexity index is 910. The average molecular weight is 343 g/mol. The second-order valence-electron chi connectivity index (χ2n) is 4.67. The number of aliphatic hydroxyl groups is 1. The number of aromatic amines is 1. The minimum absolute atomic E-state index is 0.172. The van der Waals surface area contributed by atoms with Gasteiger partial charge in [0.15, 0.2) is 0 Å². The topological polar surface area (TPSA) is 124 Å². The molecule has 0 spiro atoms. The van der Waals surface area contributed by atoms with Crippen molar-refractivity contribution >= 4 is 22.9 Å². The van der Waals surface area contributed by atoms with Crippen LogP contribution in [0.25, 0.3) is 16.9 Å². The van der Waals surface area contributed by atoms with E-state index in [1.807, 2.05) is 6.07 Å². The first-order valence-corrected chi connectivity index (χ1v) is 7.19. The van der Waals surface area contributed by atoms with Crippen LogP contribution in [0.4, 0.5) is 5.69 Å². The van der Waals surface area contributed by atoms with Crippen molar-refractivity contribution in [1.29, 1.82) is 5.26 Å². The van der Waals surface area contributed by atoms with E-state index in [0.29, 0.717) is 27.8 Å². The molecule has 0 bridgehead atoms. The molecule has 2 aromatic heterocycles. The third kappa shape index (κ3) is 3.27. The fraction of sp³-hybridized carbons (Fsp3) is 0.0667. The summed E-state index contributed by atoms with van der Waals surface area (Å²) in [6.45, 7) is -0.172. The number of anilines is 1. The van der Waals surface area contributed by atoms with Gasteiger partial charge in [-0.2, -0.15) is 10.5 Å². The first kappa shape index (κ1) is 15.7. The van der Waals surface area contributed by atoms with Crippen LogP contribution in [0.3, 0.4) is 0 Å². The summed E-state index contributed by atoms with van der Waals surface area (Å²) in [5.41, 5.74) is 1.60. The summed E-state index contributed by atoms with van der Waals surface area (Å²) in [5, 5.41) is 34.8. The number of nitriles is 1. The number of nitrogens with one attached hydrogen (secondary N) is 2. The number of tetrazole rings is 1. The van der Waals surface area contributed by atoms with E-state index in [4.69, 9.17) is 26.4 Å². The number of allylic oxidation sites excluding steroid dienone is 1. The Labute approximate surface area is 141 Å². The molecule has 120 valence electrons. The molecule has 0 aliphatic rings. The highest BCUT2D eigenvalue weighted by Crippen LogP contribution is 2.31. The van der Waals surface area contributed by atoms with Crippen molar-refractivity contribution in [2.45, 2.75) is 6.61 Å². The molecule has 24 heavy (non-hydrogen) atoms. The number of H-pyrrole nitrogens is 1. The second kappa shape index (κ2) is 6.95. The van der Waals surface area contributed by atoms with Gasteiger partial charge in [0.1, 0.15) is 29.8 Å². The molecule has 0 saturated carbocycles. The first-order chi connectivity index (χ1) is 11.7. The summed E-state index contributed by atoms with van der Waals surface area (Å²) < 4.78 is 5.47. The number of hydrogen-bond donors (Lipinski definition) is 3. The minimum atomic E-state index is -0.172. The molecular weight excluding hydrogens is 332 g/mol. The number of hydrogen-bond acceptors (Lipinski definition) is 7. The number of benzene rings is 1. The largest absolute Gasteiger partial charge is 0.459 e. The third-order valence-electron chi connectivity index (χ3n) is 3.14. The molecule has 0 amide bonds. The van der Waals surface area contributed by atoms with Crippen molar-refractivity contribution in [3.63, 3.8) is 0 Å². The van der Waals surface area contributed by atoms with Gasteiger partial charge in [-0.15, -0.1) is 10.2 Å². The van der Waals surface area contributed by atoms with Crippen LogP contribution >= 0.6 is 11.6 Å². The van der Waals surface area contributed by atoms with Crippen LogP contribution in [-0.2, 0) is 6.61 Å². The number of nitrogens with zero attached hydrogens (tertiary/aromatic N) is 4. The van der Waals surface area contributed by atoms with E-state index in [1.54, 1.807) is 30.3 Å². The molecule has 0 radical (unpaired) electrons. The van der Waals surface area contributed by atoms with Crippen LogP contribution in [0.15, 0.2) is 40.9 Å². The van der Waals surface area contributed by atoms with Crippen molar-refractivity contribution < 1.29 is 9.52 Å². The summed E-state index contributed by atoms with van der Waals surface area (Å²) in [7, 11) is 0. The molecular formula is C15H11ClN6O2. The van der Waals surface area contributed by atoms with Crippen LogP contribution in [0, 0.1) is 11.3 Å². The predicted octanol–water partition coefficient (Wildman–Crippen LogP) is 2.58. The zero-order chi connectivity index (χ0) is 16.9. The molecule has 8 nitrogen and oxygen atoms in total. The van der Waals surface area contributed by atoms with Gasteiger partial charge in [0.2, 0.25) is 5.82 Å². The molecule has 0 aliphatic heterocycles. The van der Waals surface area contributed by atoms with Gasteiger partial charge in [0.25, 0.3) is 0 Å². The number of rotatable bonds is 5. The summed E-state index contributed by atoms with van der Waals surface area (Å²) >= 11 is 6.28. The van der Waals surface area contributed by atoms with Gasteiger partial charge in [0, 0.05) is 17.5 Å². The Balaban J connectivity index is 1.81. The van der Waals surface area contributed by atoms with Gasteiger partial charge in [-0.05, 0) is 35.5 Å². The maximum absolute atomic E-state index is 9.11. The van der Waals surface area contributed by atoms with Gasteiger partial charge >= 0.3 is 0 Å². The Hall–Kier alpha value is -3.15. The Kier molecular flexibility index (Phi) is 4.56. The van der Waals surface area contributed by atoms with Crippen molar-refractivity contribution in [2.75, 3.05) is 5.32 Å². The van der Waals surface area contributed by atoms with E-state index in [9.17, 15) is 0 Å². The van der Waals surface area contributed by atoms with Gasteiger partial charge in [-0.3, -0.25) is 0 Å². The molecule has 0 fully saturated rings. The lowest BCUT2D eigenvalue weighted by molar-refractivity contribution is 0.248. The summed E-state index contributed by atoms with van der Waals surface area (Å²) in [6.07, 6.45) is 1.47. The number of aromatic nitrogens is 4. The fourth-order valence-electron chi connectivity index (χ4n) is 1.99. The van der Waals surface area contributed by atoms with Gasteiger partial charge in [0.05, 0.1) is 5.02 Å². The molecule has 3 aromatic rings. The zero-order valence-electron chi connectivity index (χ0n) is 12.2. The van der Waals surface area contributed by atoms with Gasteiger partial charge in [-0.25, -0.2) is 0 Å². The maximum Gasteiger partial charge on any atom is 0.216 e. The van der Waals surface area contributed by atoms with Gasteiger partial charge in [-0.1, -0.05) is 11.6 Å².